The Morgan fingerprint density at radius 3 is 2.73 bits per heavy atom. The Bertz CT molecular complexity index is 791. The lowest BCUT2D eigenvalue weighted by Gasteiger charge is -2.36. The van der Waals surface area contributed by atoms with Crippen molar-refractivity contribution in [3.05, 3.63) is 46.1 Å². The van der Waals surface area contributed by atoms with Gasteiger partial charge in [-0.25, -0.2) is 9.89 Å². The number of nitrogens with zero attached hydrogens (tertiary/aromatic N) is 3. The summed E-state index contributed by atoms with van der Waals surface area (Å²) in [6.07, 6.45) is 0.434. The van der Waals surface area contributed by atoms with Crippen LogP contribution in [0.15, 0.2) is 29.1 Å². The number of aromatic amines is 2. The van der Waals surface area contributed by atoms with Crippen LogP contribution in [0.5, 0.6) is 0 Å². The molecule has 140 valence electrons. The van der Waals surface area contributed by atoms with Crippen LogP contribution in [0.2, 0.25) is 0 Å². The van der Waals surface area contributed by atoms with Crippen LogP contribution >= 0.6 is 0 Å². The number of amides is 1. The summed E-state index contributed by atoms with van der Waals surface area (Å²) < 4.78 is 0. The van der Waals surface area contributed by atoms with E-state index in [1.165, 1.54) is 11.3 Å². The highest BCUT2D eigenvalue weighted by Gasteiger charge is 2.19. The molecule has 1 amide bonds. The molecule has 0 radical (unpaired) electrons. The summed E-state index contributed by atoms with van der Waals surface area (Å²) in [7, 11) is 0. The van der Waals surface area contributed by atoms with Crippen molar-refractivity contribution in [3.8, 4) is 0 Å². The fourth-order valence-corrected chi connectivity index (χ4v) is 3.18. The summed E-state index contributed by atoms with van der Waals surface area (Å²) in [6, 6.07) is 8.24. The molecule has 1 aromatic heterocycles. The van der Waals surface area contributed by atoms with E-state index in [1.807, 2.05) is 0 Å². The van der Waals surface area contributed by atoms with Crippen molar-refractivity contribution in [2.45, 2.75) is 26.3 Å². The average molecular weight is 358 g/mol. The maximum Gasteiger partial charge on any atom is 0.340 e. The first-order valence-electron chi connectivity index (χ1n) is 8.99. The molecule has 0 unspecified atom stereocenters. The van der Waals surface area contributed by atoms with Crippen molar-refractivity contribution in [2.24, 2.45) is 0 Å². The molecule has 0 aliphatic carbocycles. The number of carbonyl (C=O) groups is 1. The topological polar surface area (TPSA) is 97.1 Å². The maximum atomic E-state index is 12.1. The van der Waals surface area contributed by atoms with Crippen molar-refractivity contribution >= 4 is 11.6 Å². The molecule has 2 aromatic rings. The molecule has 8 heteroatoms. The van der Waals surface area contributed by atoms with Crippen LogP contribution in [0.4, 0.5) is 5.69 Å². The number of H-pyrrole nitrogens is 2. The molecule has 1 aromatic carbocycles. The van der Waals surface area contributed by atoms with Gasteiger partial charge in [-0.1, -0.05) is 12.1 Å². The summed E-state index contributed by atoms with van der Waals surface area (Å²) >= 11 is 0. The van der Waals surface area contributed by atoms with Gasteiger partial charge in [-0.3, -0.25) is 14.7 Å². The first kappa shape index (κ1) is 18.2. The minimum atomic E-state index is -0.368. The zero-order valence-electron chi connectivity index (χ0n) is 15.3. The summed E-state index contributed by atoms with van der Waals surface area (Å²) in [5.41, 5.74) is 2.17. The molecule has 26 heavy (non-hydrogen) atoms. The van der Waals surface area contributed by atoms with Gasteiger partial charge in [-0.15, -0.1) is 0 Å². The lowest BCUT2D eigenvalue weighted by molar-refractivity contribution is -0.122. The van der Waals surface area contributed by atoms with Gasteiger partial charge < -0.3 is 10.2 Å². The molecule has 1 fully saturated rings. The number of carbonyl (C=O) groups excluding carboxylic acids is 1. The van der Waals surface area contributed by atoms with Gasteiger partial charge in [-0.05, 0) is 31.5 Å². The number of aryl methyl sites for hydroxylation is 1. The number of aromatic nitrogens is 3. The first-order chi connectivity index (χ1) is 12.5. The standard InChI is InChI=1S/C18H26N6O2/c1-13-4-3-5-15(12-13)24-10-8-23(9-11-24)7-6-16(25)19-14(2)17-20-18(26)22-21-17/h3-5,12,14H,6-11H2,1-2H3,(H,19,25)(H2,20,21,22,26)/t14-/m0/s1. The molecule has 0 bridgehead atoms. The van der Waals surface area contributed by atoms with Crippen LogP contribution in [-0.4, -0.2) is 58.7 Å². The predicted molar refractivity (Wildman–Crippen MR) is 100 cm³/mol. The summed E-state index contributed by atoms with van der Waals surface area (Å²) in [5.74, 6) is 0.401. The average Bonchev–Trinajstić information content (AvgIpc) is 3.07. The van der Waals surface area contributed by atoms with Gasteiger partial charge in [0, 0.05) is 44.8 Å². The number of piperazine rings is 1. The Balaban J connectivity index is 1.40. The lowest BCUT2D eigenvalue weighted by atomic mass is 10.2. The highest BCUT2D eigenvalue weighted by molar-refractivity contribution is 5.76. The third-order valence-electron chi connectivity index (χ3n) is 4.70. The Kier molecular flexibility index (Phi) is 5.72. The van der Waals surface area contributed by atoms with Crippen molar-refractivity contribution < 1.29 is 4.79 Å². The summed E-state index contributed by atoms with van der Waals surface area (Å²) in [6.45, 7) is 8.47. The molecule has 1 atom stereocenters. The van der Waals surface area contributed by atoms with Gasteiger partial charge in [0.05, 0.1) is 6.04 Å². The highest BCUT2D eigenvalue weighted by Crippen LogP contribution is 2.17. The molecule has 3 N–H and O–H groups in total. The molecule has 3 rings (SSSR count). The highest BCUT2D eigenvalue weighted by atomic mass is 16.2. The van der Waals surface area contributed by atoms with Gasteiger partial charge in [0.2, 0.25) is 5.91 Å². The Morgan fingerprint density at radius 2 is 2.08 bits per heavy atom. The normalized spacial score (nSPS) is 16.5. The fourth-order valence-electron chi connectivity index (χ4n) is 3.18. The zero-order valence-corrected chi connectivity index (χ0v) is 15.3. The second-order valence-electron chi connectivity index (χ2n) is 6.77. The SMILES string of the molecule is Cc1cccc(N2CCN(CCC(=O)N[C@@H](C)c3n[nH]c(=O)[nH]3)CC2)c1. The monoisotopic (exact) mass is 358 g/mol. The largest absolute Gasteiger partial charge is 0.369 e. The Hall–Kier alpha value is -2.61. The van der Waals surface area contributed by atoms with Crippen LogP contribution in [0.3, 0.4) is 0 Å². The maximum absolute atomic E-state index is 12.1. The van der Waals surface area contributed by atoms with Gasteiger partial charge >= 0.3 is 5.69 Å². The predicted octanol–water partition coefficient (Wildman–Crippen LogP) is 0.796. The van der Waals surface area contributed by atoms with Crippen molar-refractivity contribution in [1.82, 2.24) is 25.4 Å². The minimum Gasteiger partial charge on any atom is -0.369 e. The van der Waals surface area contributed by atoms with E-state index >= 15 is 0 Å². The number of hydrogen-bond donors (Lipinski definition) is 3. The van der Waals surface area contributed by atoms with Crippen LogP contribution in [-0.2, 0) is 4.79 Å². The second kappa shape index (κ2) is 8.18. The van der Waals surface area contributed by atoms with E-state index < -0.39 is 0 Å². The van der Waals surface area contributed by atoms with E-state index in [2.05, 4.69) is 61.5 Å². The molecule has 2 heterocycles. The van der Waals surface area contributed by atoms with Crippen LogP contribution < -0.4 is 15.9 Å². The molecule has 1 saturated heterocycles. The van der Waals surface area contributed by atoms with E-state index in [0.29, 0.717) is 12.2 Å². The Labute approximate surface area is 152 Å². The van der Waals surface area contributed by atoms with E-state index in [1.54, 1.807) is 6.92 Å². The van der Waals surface area contributed by atoms with Crippen molar-refractivity contribution in [1.29, 1.82) is 0 Å². The quantitative estimate of drug-likeness (QED) is 0.710. The molecular formula is C18H26N6O2. The fraction of sp³-hybridized carbons (Fsp3) is 0.500. The number of anilines is 1. The van der Waals surface area contributed by atoms with Crippen LogP contribution in [0.1, 0.15) is 30.8 Å². The Morgan fingerprint density at radius 1 is 1.31 bits per heavy atom. The van der Waals surface area contributed by atoms with E-state index in [-0.39, 0.29) is 17.6 Å². The third-order valence-corrected chi connectivity index (χ3v) is 4.70. The minimum absolute atomic E-state index is 0.0394. The molecule has 0 saturated carbocycles. The van der Waals surface area contributed by atoms with Crippen molar-refractivity contribution in [2.75, 3.05) is 37.6 Å². The van der Waals surface area contributed by atoms with Gasteiger partial charge in [0.25, 0.3) is 0 Å². The number of rotatable bonds is 6. The van der Waals surface area contributed by atoms with Crippen LogP contribution in [0.25, 0.3) is 0 Å². The molecule has 0 spiro atoms. The lowest BCUT2D eigenvalue weighted by Crippen LogP contribution is -2.47. The first-order valence-corrected chi connectivity index (χ1v) is 8.99. The zero-order chi connectivity index (χ0) is 18.5. The van der Waals surface area contributed by atoms with Gasteiger partial charge in [0.1, 0.15) is 0 Å². The number of benzene rings is 1. The van der Waals surface area contributed by atoms with Gasteiger partial charge in [0.15, 0.2) is 5.82 Å². The van der Waals surface area contributed by atoms with Crippen molar-refractivity contribution in [3.63, 3.8) is 0 Å². The summed E-state index contributed by atoms with van der Waals surface area (Å²) in [5, 5.41) is 9.00. The number of hydrogen-bond acceptors (Lipinski definition) is 5. The number of nitrogens with one attached hydrogen (secondary N) is 3. The van der Waals surface area contributed by atoms with Crippen LogP contribution in [0, 0.1) is 6.92 Å². The van der Waals surface area contributed by atoms with E-state index in [0.717, 1.165) is 32.7 Å². The molecular weight excluding hydrogens is 332 g/mol. The summed E-state index contributed by atoms with van der Waals surface area (Å²) in [4.78, 5) is 30.4. The third kappa shape index (κ3) is 4.72. The second-order valence-corrected chi connectivity index (χ2v) is 6.77. The molecule has 8 nitrogen and oxygen atoms in total. The molecule has 1 aliphatic heterocycles. The van der Waals surface area contributed by atoms with E-state index in [9.17, 15) is 9.59 Å². The van der Waals surface area contributed by atoms with E-state index in [4.69, 9.17) is 0 Å². The smallest absolute Gasteiger partial charge is 0.340 e. The van der Waals surface area contributed by atoms with Gasteiger partial charge in [-0.2, -0.15) is 5.10 Å². The molecule has 1 aliphatic rings.